The summed E-state index contributed by atoms with van der Waals surface area (Å²) in [5.74, 6) is 0. The van der Waals surface area contributed by atoms with E-state index in [1.54, 1.807) is 0 Å². The second-order valence-corrected chi connectivity index (χ2v) is 5.80. The Hall–Kier alpha value is 0.0169. The second-order valence-electron chi connectivity index (χ2n) is 3.29. The van der Waals surface area contributed by atoms with Crippen molar-refractivity contribution >= 4 is 9.05 Å². The summed E-state index contributed by atoms with van der Waals surface area (Å²) in [5.41, 5.74) is 0. The van der Waals surface area contributed by atoms with Gasteiger partial charge in [-0.2, -0.15) is 0 Å². The van der Waals surface area contributed by atoms with E-state index in [1.807, 2.05) is 6.92 Å². The predicted molar refractivity (Wildman–Crippen MR) is 63.1 cm³/mol. The molecule has 98 valence electrons. The minimum absolute atomic E-state index is 0.0716. The SMILES string of the molecule is CCCC(CO[Si](OC)(OC)OC)OCC. The highest BCUT2D eigenvalue weighted by Gasteiger charge is 2.42. The van der Waals surface area contributed by atoms with E-state index in [9.17, 15) is 0 Å². The van der Waals surface area contributed by atoms with Gasteiger partial charge in [-0.3, -0.25) is 0 Å². The first-order valence-electron chi connectivity index (χ1n) is 5.59. The number of hydrogen-bond acceptors (Lipinski definition) is 5. The molecule has 0 saturated carbocycles. The molecule has 0 rings (SSSR count). The van der Waals surface area contributed by atoms with Gasteiger partial charge < -0.3 is 22.4 Å². The predicted octanol–water partition coefficient (Wildman–Crippen LogP) is 1.58. The smallest absolute Gasteiger partial charge is 0.376 e. The van der Waals surface area contributed by atoms with E-state index < -0.39 is 9.05 Å². The van der Waals surface area contributed by atoms with Gasteiger partial charge in [-0.1, -0.05) is 13.3 Å². The van der Waals surface area contributed by atoms with Gasteiger partial charge in [0, 0.05) is 27.9 Å². The van der Waals surface area contributed by atoms with Crippen LogP contribution in [0.4, 0.5) is 0 Å². The highest BCUT2D eigenvalue weighted by atomic mass is 28.4. The molecule has 0 saturated heterocycles. The van der Waals surface area contributed by atoms with Crippen LogP contribution in [-0.4, -0.2) is 49.7 Å². The van der Waals surface area contributed by atoms with E-state index in [0.717, 1.165) is 12.8 Å². The molecule has 0 aromatic rings. The topological polar surface area (TPSA) is 46.2 Å². The van der Waals surface area contributed by atoms with Crippen molar-refractivity contribution in [2.45, 2.75) is 32.8 Å². The molecule has 1 unspecified atom stereocenters. The second kappa shape index (κ2) is 9.09. The van der Waals surface area contributed by atoms with Crippen LogP contribution in [0.5, 0.6) is 0 Å². The van der Waals surface area contributed by atoms with Crippen LogP contribution in [0.1, 0.15) is 26.7 Å². The summed E-state index contributed by atoms with van der Waals surface area (Å²) in [6.45, 7) is 5.19. The van der Waals surface area contributed by atoms with E-state index in [1.165, 1.54) is 21.3 Å². The molecule has 0 radical (unpaired) electrons. The first-order valence-corrected chi connectivity index (χ1v) is 7.22. The van der Waals surface area contributed by atoms with Crippen LogP contribution in [-0.2, 0) is 22.4 Å². The average Bonchev–Trinajstić information content (AvgIpc) is 2.32. The summed E-state index contributed by atoms with van der Waals surface area (Å²) in [6.07, 6.45) is 2.08. The Labute approximate surface area is 99.5 Å². The maximum atomic E-state index is 5.59. The lowest BCUT2D eigenvalue weighted by Gasteiger charge is -2.25. The molecule has 16 heavy (non-hydrogen) atoms. The average molecular weight is 252 g/mol. The van der Waals surface area contributed by atoms with Crippen molar-refractivity contribution < 1.29 is 22.4 Å². The molecule has 6 heteroatoms. The van der Waals surface area contributed by atoms with E-state index in [2.05, 4.69) is 6.92 Å². The van der Waals surface area contributed by atoms with Crippen LogP contribution in [0.3, 0.4) is 0 Å². The van der Waals surface area contributed by atoms with E-state index in [0.29, 0.717) is 13.2 Å². The van der Waals surface area contributed by atoms with Crippen molar-refractivity contribution in [1.82, 2.24) is 0 Å². The Morgan fingerprint density at radius 1 is 1.00 bits per heavy atom. The molecule has 0 spiro atoms. The van der Waals surface area contributed by atoms with Crippen molar-refractivity contribution in [2.75, 3.05) is 34.5 Å². The van der Waals surface area contributed by atoms with Crippen LogP contribution in [0.2, 0.25) is 0 Å². The fraction of sp³-hybridized carbons (Fsp3) is 1.00. The highest BCUT2D eigenvalue weighted by Crippen LogP contribution is 2.11. The van der Waals surface area contributed by atoms with Crippen LogP contribution >= 0.6 is 0 Å². The largest absolute Gasteiger partial charge is 0.678 e. The summed E-state index contributed by atoms with van der Waals surface area (Å²) >= 11 is 0. The normalized spacial score (nSPS) is 14.1. The van der Waals surface area contributed by atoms with E-state index in [4.69, 9.17) is 22.4 Å². The van der Waals surface area contributed by atoms with E-state index >= 15 is 0 Å². The Balaban J connectivity index is 4.13. The molecule has 0 amide bonds. The molecule has 1 atom stereocenters. The maximum absolute atomic E-state index is 5.59. The van der Waals surface area contributed by atoms with Crippen molar-refractivity contribution in [2.24, 2.45) is 0 Å². The van der Waals surface area contributed by atoms with Gasteiger partial charge in [0.05, 0.1) is 12.7 Å². The third-order valence-corrected chi connectivity index (χ3v) is 4.23. The fourth-order valence-electron chi connectivity index (χ4n) is 1.39. The summed E-state index contributed by atoms with van der Waals surface area (Å²) in [4.78, 5) is 0. The fourth-order valence-corrected chi connectivity index (χ4v) is 2.64. The first kappa shape index (κ1) is 16.0. The molecule has 0 N–H and O–H groups in total. The van der Waals surface area contributed by atoms with Crippen LogP contribution in [0.25, 0.3) is 0 Å². The number of ether oxygens (including phenoxy) is 1. The zero-order valence-corrected chi connectivity index (χ0v) is 11.9. The number of hydrogen-bond donors (Lipinski definition) is 0. The van der Waals surface area contributed by atoms with Gasteiger partial charge in [-0.25, -0.2) is 0 Å². The van der Waals surface area contributed by atoms with Gasteiger partial charge in [0.15, 0.2) is 0 Å². The van der Waals surface area contributed by atoms with Crippen molar-refractivity contribution in [1.29, 1.82) is 0 Å². The van der Waals surface area contributed by atoms with Gasteiger partial charge >= 0.3 is 9.05 Å². The summed E-state index contributed by atoms with van der Waals surface area (Å²) in [7, 11) is 1.65. The van der Waals surface area contributed by atoms with Gasteiger partial charge in [-0.05, 0) is 13.3 Å². The van der Waals surface area contributed by atoms with Crippen LogP contribution in [0, 0.1) is 0 Å². The Morgan fingerprint density at radius 2 is 1.56 bits per heavy atom. The summed E-state index contributed by atoms with van der Waals surface area (Å²) in [6, 6.07) is 0. The Kier molecular flexibility index (Phi) is 9.10. The molecular weight excluding hydrogens is 228 g/mol. The zero-order chi connectivity index (χ0) is 12.4. The first-order chi connectivity index (χ1) is 7.67. The molecule has 5 nitrogen and oxygen atoms in total. The van der Waals surface area contributed by atoms with Gasteiger partial charge in [0.2, 0.25) is 0 Å². The lowest BCUT2D eigenvalue weighted by Crippen LogP contribution is -2.48. The maximum Gasteiger partial charge on any atom is 0.678 e. The molecular formula is C10H24O5Si. The highest BCUT2D eigenvalue weighted by molar-refractivity contribution is 6.53. The monoisotopic (exact) mass is 252 g/mol. The quantitative estimate of drug-likeness (QED) is 0.552. The standard InChI is InChI=1S/C10H24O5Si/c1-6-8-10(14-7-2)9-15-16(11-3,12-4)13-5/h10H,6-9H2,1-5H3. The van der Waals surface area contributed by atoms with Gasteiger partial charge in [0.1, 0.15) is 0 Å². The third-order valence-electron chi connectivity index (χ3n) is 2.21. The molecule has 0 heterocycles. The Morgan fingerprint density at radius 3 is 1.94 bits per heavy atom. The molecule has 0 aromatic heterocycles. The lowest BCUT2D eigenvalue weighted by molar-refractivity contribution is -0.0412. The zero-order valence-electron chi connectivity index (χ0n) is 10.9. The molecule has 0 aliphatic heterocycles. The van der Waals surface area contributed by atoms with Gasteiger partial charge in [0.25, 0.3) is 0 Å². The van der Waals surface area contributed by atoms with Gasteiger partial charge in [-0.15, -0.1) is 0 Å². The summed E-state index contributed by atoms with van der Waals surface area (Å²) < 4.78 is 26.6. The molecule has 0 aliphatic rings. The molecule has 0 bridgehead atoms. The molecule has 0 aromatic carbocycles. The van der Waals surface area contributed by atoms with Crippen molar-refractivity contribution in [3.63, 3.8) is 0 Å². The van der Waals surface area contributed by atoms with Crippen LogP contribution in [0.15, 0.2) is 0 Å². The summed E-state index contributed by atoms with van der Waals surface area (Å²) in [5, 5.41) is 0. The van der Waals surface area contributed by atoms with Crippen molar-refractivity contribution in [3.05, 3.63) is 0 Å². The van der Waals surface area contributed by atoms with Crippen molar-refractivity contribution in [3.8, 4) is 0 Å². The minimum atomic E-state index is -2.92. The van der Waals surface area contributed by atoms with Crippen LogP contribution < -0.4 is 0 Å². The molecule has 0 aliphatic carbocycles. The third kappa shape index (κ3) is 5.38. The van der Waals surface area contributed by atoms with E-state index in [-0.39, 0.29) is 6.10 Å². The minimum Gasteiger partial charge on any atom is -0.376 e. The number of rotatable bonds is 10. The Bertz CT molecular complexity index is 149. The lowest BCUT2D eigenvalue weighted by atomic mass is 10.2. The molecule has 0 fully saturated rings.